The third-order valence-corrected chi connectivity index (χ3v) is 14.1. The summed E-state index contributed by atoms with van der Waals surface area (Å²) in [5, 5.41) is 21.7. The molecule has 0 N–H and O–H groups in total. The van der Waals surface area contributed by atoms with Gasteiger partial charge in [-0.2, -0.15) is 0 Å². The zero-order valence-electron chi connectivity index (χ0n) is 34.2. The second-order valence-electron chi connectivity index (χ2n) is 17.4. The van der Waals surface area contributed by atoms with Crippen molar-refractivity contribution in [2.75, 3.05) is 0 Å². The van der Waals surface area contributed by atoms with Gasteiger partial charge in [0.25, 0.3) is 0 Å². The first-order chi connectivity index (χ1) is 26.9. The summed E-state index contributed by atoms with van der Waals surface area (Å²) in [5.41, 5.74) is 18.9. The molecule has 0 nitrogen and oxygen atoms in total. The maximum Gasteiger partial charge on any atom is -0.00197 e. The highest BCUT2D eigenvalue weighted by atomic mass is 14.2. The van der Waals surface area contributed by atoms with Gasteiger partial charge in [-0.25, -0.2) is 0 Å². The van der Waals surface area contributed by atoms with Crippen LogP contribution in [0.5, 0.6) is 0 Å². The van der Waals surface area contributed by atoms with Crippen LogP contribution < -0.4 is 0 Å². The van der Waals surface area contributed by atoms with Crippen LogP contribution in [0.1, 0.15) is 55.6 Å². The zero-order chi connectivity index (χ0) is 38.6. The van der Waals surface area contributed by atoms with Crippen molar-refractivity contribution in [2.45, 2.75) is 69.2 Å². The molecule has 0 heterocycles. The van der Waals surface area contributed by atoms with E-state index >= 15 is 0 Å². The SMILES string of the molecule is Cc1cc2c3ccc4c(cc5c6ccc(-c7c(C)c(C)cc(C)c7C)cc6c6cc(C)cc4c65)c3cc3c4ccc(-c5c(C)c(C)cc(C)c5C)cc4c(c1)c23. The van der Waals surface area contributed by atoms with E-state index in [1.54, 1.807) is 0 Å². The first-order valence-electron chi connectivity index (χ1n) is 20.3. The van der Waals surface area contributed by atoms with Crippen molar-refractivity contribution in [3.8, 4) is 22.3 Å². The van der Waals surface area contributed by atoms with E-state index in [9.17, 15) is 0 Å². The lowest BCUT2D eigenvalue weighted by molar-refractivity contribution is 1.25. The van der Waals surface area contributed by atoms with E-state index in [0.29, 0.717) is 0 Å². The van der Waals surface area contributed by atoms with E-state index in [4.69, 9.17) is 0 Å². The Balaban J connectivity index is 1.23. The Labute approximate surface area is 329 Å². The first-order valence-corrected chi connectivity index (χ1v) is 20.3. The molecule has 0 bridgehead atoms. The molecule has 11 aromatic rings. The second kappa shape index (κ2) is 11.3. The highest BCUT2D eigenvalue weighted by Crippen LogP contribution is 2.49. The van der Waals surface area contributed by atoms with Crippen molar-refractivity contribution < 1.29 is 0 Å². The average Bonchev–Trinajstić information content (AvgIpc) is 3.65. The second-order valence-corrected chi connectivity index (χ2v) is 17.4. The molecule has 0 aromatic heterocycles. The van der Waals surface area contributed by atoms with Crippen LogP contribution in [-0.4, -0.2) is 0 Å². The Morgan fingerprint density at radius 3 is 0.839 bits per heavy atom. The molecule has 0 fully saturated rings. The molecular formula is C56H46. The van der Waals surface area contributed by atoms with Crippen molar-refractivity contribution >= 4 is 86.2 Å². The standard InChI is InChI=1S/C56H46/c1-27-17-47-41-15-16-42-46(45(41)25-51-39-13-11-37(23-43(39)49(19-27)55(47)51)53-33(7)29(3)21-30(4)34(53)8)26-52-40-14-12-38(54-35(9)31(5)22-32(6)36(54)10)24-44(40)50-20-28(2)18-48(42)56(50)52/h11-26H,1-10H3. The Morgan fingerprint density at radius 1 is 0.232 bits per heavy atom. The third-order valence-electron chi connectivity index (χ3n) is 14.1. The summed E-state index contributed by atoms with van der Waals surface area (Å²) in [5.74, 6) is 0. The van der Waals surface area contributed by atoms with Crippen molar-refractivity contribution in [2.24, 2.45) is 0 Å². The predicted molar refractivity (Wildman–Crippen MR) is 247 cm³/mol. The monoisotopic (exact) mass is 718 g/mol. The van der Waals surface area contributed by atoms with Crippen molar-refractivity contribution in [3.63, 3.8) is 0 Å². The number of rotatable bonds is 2. The van der Waals surface area contributed by atoms with Crippen LogP contribution in [0.15, 0.2) is 97.1 Å². The van der Waals surface area contributed by atoms with Crippen LogP contribution in [0.2, 0.25) is 0 Å². The van der Waals surface area contributed by atoms with Gasteiger partial charge in [0.2, 0.25) is 0 Å². The number of fused-ring (bicyclic) bond motifs is 11. The van der Waals surface area contributed by atoms with Crippen molar-refractivity contribution in [1.82, 2.24) is 0 Å². The lowest BCUT2D eigenvalue weighted by Crippen LogP contribution is -1.95. The fourth-order valence-electron chi connectivity index (χ4n) is 10.9. The van der Waals surface area contributed by atoms with Crippen LogP contribution in [0, 0.1) is 69.2 Å². The summed E-state index contributed by atoms with van der Waals surface area (Å²) in [6.07, 6.45) is 0. The average molecular weight is 719 g/mol. The van der Waals surface area contributed by atoms with Crippen LogP contribution in [-0.2, 0) is 0 Å². The molecule has 0 saturated heterocycles. The van der Waals surface area contributed by atoms with E-state index in [2.05, 4.69) is 166 Å². The highest BCUT2D eigenvalue weighted by molar-refractivity contribution is 6.40. The van der Waals surface area contributed by atoms with E-state index < -0.39 is 0 Å². The molecule has 0 aliphatic rings. The molecule has 11 rings (SSSR count). The van der Waals surface area contributed by atoms with E-state index in [0.717, 1.165) is 0 Å². The van der Waals surface area contributed by atoms with Crippen molar-refractivity contribution in [1.29, 1.82) is 0 Å². The third kappa shape index (κ3) is 4.31. The van der Waals surface area contributed by atoms with Crippen LogP contribution in [0.3, 0.4) is 0 Å². The smallest absolute Gasteiger partial charge is 0.00197 e. The minimum absolute atomic E-state index is 1.31. The maximum atomic E-state index is 2.53. The molecule has 0 spiro atoms. The van der Waals surface area contributed by atoms with Crippen LogP contribution in [0.25, 0.3) is 108 Å². The fraction of sp³-hybridized carbons (Fsp3) is 0.179. The largest absolute Gasteiger partial charge is 0.0558 e. The molecular weight excluding hydrogens is 673 g/mol. The Hall–Kier alpha value is -5.98. The topological polar surface area (TPSA) is 0 Å². The van der Waals surface area contributed by atoms with Gasteiger partial charge in [-0.1, -0.05) is 72.8 Å². The molecule has 0 saturated carbocycles. The molecule has 0 aliphatic carbocycles. The number of benzene rings is 9. The number of aryl methyl sites for hydroxylation is 6. The van der Waals surface area contributed by atoms with E-state index in [1.165, 1.54) is 164 Å². The summed E-state index contributed by atoms with van der Waals surface area (Å²) in [6, 6.07) is 38.7. The summed E-state index contributed by atoms with van der Waals surface area (Å²) < 4.78 is 0. The molecule has 11 aromatic carbocycles. The van der Waals surface area contributed by atoms with E-state index in [1.807, 2.05) is 0 Å². The van der Waals surface area contributed by atoms with Gasteiger partial charge in [0.15, 0.2) is 0 Å². The summed E-state index contributed by atoms with van der Waals surface area (Å²) >= 11 is 0. The van der Waals surface area contributed by atoms with Gasteiger partial charge in [0.1, 0.15) is 0 Å². The zero-order valence-corrected chi connectivity index (χ0v) is 34.2. The lowest BCUT2D eigenvalue weighted by Gasteiger charge is -2.16. The highest BCUT2D eigenvalue weighted by Gasteiger charge is 2.22. The summed E-state index contributed by atoms with van der Waals surface area (Å²) in [4.78, 5) is 0. The molecule has 270 valence electrons. The van der Waals surface area contributed by atoms with E-state index in [-0.39, 0.29) is 0 Å². The fourth-order valence-corrected chi connectivity index (χ4v) is 10.9. The van der Waals surface area contributed by atoms with Crippen LogP contribution in [0.4, 0.5) is 0 Å². The molecule has 0 atom stereocenters. The van der Waals surface area contributed by atoms with Crippen molar-refractivity contribution in [3.05, 3.63) is 153 Å². The van der Waals surface area contributed by atoms with Gasteiger partial charge < -0.3 is 0 Å². The number of hydrogen-bond donors (Lipinski definition) is 0. The molecule has 0 aliphatic heterocycles. The van der Waals surface area contributed by atoms with Gasteiger partial charge in [0.05, 0.1) is 0 Å². The Morgan fingerprint density at radius 2 is 0.500 bits per heavy atom. The van der Waals surface area contributed by atoms with Gasteiger partial charge in [-0.05, 0) is 258 Å². The quantitative estimate of drug-likeness (QED) is 0.156. The molecule has 0 heteroatoms. The predicted octanol–water partition coefficient (Wildman–Crippen LogP) is 16.2. The molecule has 56 heavy (non-hydrogen) atoms. The molecule has 0 amide bonds. The minimum atomic E-state index is 1.31. The Bertz CT molecular complexity index is 3260. The maximum absolute atomic E-state index is 2.53. The van der Waals surface area contributed by atoms with Crippen LogP contribution >= 0.6 is 0 Å². The van der Waals surface area contributed by atoms with Gasteiger partial charge in [0, 0.05) is 0 Å². The number of hydrogen-bond acceptors (Lipinski definition) is 0. The van der Waals surface area contributed by atoms with Gasteiger partial charge >= 0.3 is 0 Å². The Kier molecular flexibility index (Phi) is 6.73. The normalized spacial score (nSPS) is 12.5. The molecule has 0 radical (unpaired) electrons. The summed E-state index contributed by atoms with van der Waals surface area (Å²) in [6.45, 7) is 22.6. The van der Waals surface area contributed by atoms with Gasteiger partial charge in [-0.15, -0.1) is 0 Å². The minimum Gasteiger partial charge on any atom is -0.0558 e. The van der Waals surface area contributed by atoms with Gasteiger partial charge in [-0.3, -0.25) is 0 Å². The summed E-state index contributed by atoms with van der Waals surface area (Å²) in [7, 11) is 0. The lowest BCUT2D eigenvalue weighted by atomic mass is 9.89. The molecule has 0 unspecified atom stereocenters. The first kappa shape index (κ1) is 33.4.